The lowest BCUT2D eigenvalue weighted by molar-refractivity contribution is -0.384. The summed E-state index contributed by atoms with van der Waals surface area (Å²) in [6, 6.07) is 5.72. The number of rotatable bonds is 4. The first-order valence-corrected chi connectivity index (χ1v) is 5.91. The van der Waals surface area contributed by atoms with Gasteiger partial charge in [0.2, 0.25) is 0 Å². The maximum Gasteiger partial charge on any atom is 0.292 e. The van der Waals surface area contributed by atoms with Gasteiger partial charge in [-0.15, -0.1) is 0 Å². The summed E-state index contributed by atoms with van der Waals surface area (Å²) >= 11 is 0. The van der Waals surface area contributed by atoms with Crippen molar-refractivity contribution < 1.29 is 14.1 Å². The Hall–Kier alpha value is -2.87. The van der Waals surface area contributed by atoms with Gasteiger partial charge >= 0.3 is 0 Å². The third-order valence-corrected chi connectivity index (χ3v) is 2.69. The fourth-order valence-corrected chi connectivity index (χ4v) is 1.69. The molecule has 0 atom stereocenters. The molecular weight excluding hydrogens is 279 g/mol. The van der Waals surface area contributed by atoms with Gasteiger partial charge in [-0.1, -0.05) is 0 Å². The molecule has 0 unspecified atom stereocenters. The lowest BCUT2D eigenvalue weighted by Crippen LogP contribution is -2.14. The molecule has 2 rings (SSSR count). The first-order chi connectivity index (χ1) is 10.0. The number of aromatic nitrogens is 1. The summed E-state index contributed by atoms with van der Waals surface area (Å²) in [4.78, 5) is 26.1. The molecule has 7 nitrogen and oxygen atoms in total. The number of nitrogens with two attached hydrogens (primary N) is 1. The predicted octanol–water partition coefficient (Wildman–Crippen LogP) is 1.84. The van der Waals surface area contributed by atoms with E-state index in [9.17, 15) is 19.3 Å². The monoisotopic (exact) mass is 290 g/mol. The lowest BCUT2D eigenvalue weighted by atomic mass is 10.2. The highest BCUT2D eigenvalue weighted by atomic mass is 19.1. The number of nitro groups is 1. The molecule has 2 aromatic rings. The SMILES string of the molecule is NCc1cc(C(=O)Nc2cc(F)ccc2[N+](=O)[O-])ccn1. The van der Waals surface area contributed by atoms with E-state index in [4.69, 9.17) is 5.73 Å². The number of anilines is 1. The molecule has 0 aliphatic carbocycles. The molecule has 1 aromatic carbocycles. The van der Waals surface area contributed by atoms with Gasteiger partial charge in [-0.3, -0.25) is 19.9 Å². The summed E-state index contributed by atoms with van der Waals surface area (Å²) in [5.41, 5.74) is 5.54. The molecular formula is C13H11FN4O3. The molecule has 0 saturated carbocycles. The molecule has 0 bridgehead atoms. The van der Waals surface area contributed by atoms with Crippen LogP contribution in [-0.4, -0.2) is 15.8 Å². The molecule has 0 fully saturated rings. The number of carbonyl (C=O) groups excluding carboxylic acids is 1. The molecule has 21 heavy (non-hydrogen) atoms. The summed E-state index contributed by atoms with van der Waals surface area (Å²) in [7, 11) is 0. The topological polar surface area (TPSA) is 111 Å². The van der Waals surface area contributed by atoms with E-state index >= 15 is 0 Å². The molecule has 0 aliphatic heterocycles. The van der Waals surface area contributed by atoms with Crippen LogP contribution in [0.25, 0.3) is 0 Å². The lowest BCUT2D eigenvalue weighted by Gasteiger charge is -2.07. The third-order valence-electron chi connectivity index (χ3n) is 2.69. The van der Waals surface area contributed by atoms with Crippen LogP contribution in [0.3, 0.4) is 0 Å². The van der Waals surface area contributed by atoms with E-state index < -0.39 is 22.3 Å². The molecule has 0 spiro atoms. The van der Waals surface area contributed by atoms with Crippen molar-refractivity contribution in [3.8, 4) is 0 Å². The summed E-state index contributed by atoms with van der Waals surface area (Å²) in [6.07, 6.45) is 1.40. The highest BCUT2D eigenvalue weighted by Gasteiger charge is 2.17. The van der Waals surface area contributed by atoms with Crippen LogP contribution in [0.15, 0.2) is 36.5 Å². The van der Waals surface area contributed by atoms with Gasteiger partial charge in [0, 0.05) is 30.4 Å². The Morgan fingerprint density at radius 3 is 2.81 bits per heavy atom. The smallest absolute Gasteiger partial charge is 0.292 e. The van der Waals surface area contributed by atoms with E-state index in [1.165, 1.54) is 18.3 Å². The zero-order chi connectivity index (χ0) is 15.4. The van der Waals surface area contributed by atoms with Crippen LogP contribution in [0.1, 0.15) is 16.1 Å². The van der Waals surface area contributed by atoms with E-state index in [1.807, 2.05) is 0 Å². The van der Waals surface area contributed by atoms with Crippen molar-refractivity contribution in [1.82, 2.24) is 4.98 Å². The van der Waals surface area contributed by atoms with Gasteiger partial charge in [0.15, 0.2) is 0 Å². The van der Waals surface area contributed by atoms with Gasteiger partial charge in [-0.2, -0.15) is 0 Å². The Morgan fingerprint density at radius 1 is 1.38 bits per heavy atom. The van der Waals surface area contributed by atoms with Gasteiger partial charge < -0.3 is 11.1 Å². The fourth-order valence-electron chi connectivity index (χ4n) is 1.69. The molecule has 8 heteroatoms. The second kappa shape index (κ2) is 6.06. The molecule has 108 valence electrons. The zero-order valence-corrected chi connectivity index (χ0v) is 10.7. The number of nitro benzene ring substituents is 1. The minimum absolute atomic E-state index is 0.154. The van der Waals surface area contributed by atoms with Gasteiger partial charge in [-0.25, -0.2) is 4.39 Å². The summed E-state index contributed by atoms with van der Waals surface area (Å²) in [5, 5.41) is 13.2. The van der Waals surface area contributed by atoms with Crippen LogP contribution in [0.2, 0.25) is 0 Å². The second-order valence-corrected chi connectivity index (χ2v) is 4.11. The molecule has 0 saturated heterocycles. The van der Waals surface area contributed by atoms with Crippen LogP contribution >= 0.6 is 0 Å². The summed E-state index contributed by atoms with van der Waals surface area (Å²) < 4.78 is 13.2. The van der Waals surface area contributed by atoms with Crippen molar-refractivity contribution in [2.45, 2.75) is 6.54 Å². The van der Waals surface area contributed by atoms with Crippen molar-refractivity contribution in [2.24, 2.45) is 5.73 Å². The molecule has 3 N–H and O–H groups in total. The molecule has 1 heterocycles. The summed E-state index contributed by atoms with van der Waals surface area (Å²) in [5.74, 6) is -1.30. The first-order valence-electron chi connectivity index (χ1n) is 5.91. The van der Waals surface area contributed by atoms with Crippen molar-refractivity contribution in [3.05, 3.63) is 63.7 Å². The van der Waals surface area contributed by atoms with E-state index in [2.05, 4.69) is 10.3 Å². The number of halogens is 1. The zero-order valence-electron chi connectivity index (χ0n) is 10.7. The number of pyridine rings is 1. The van der Waals surface area contributed by atoms with Crippen LogP contribution in [-0.2, 0) is 6.54 Å². The Kier molecular flexibility index (Phi) is 4.19. The standard InChI is InChI=1S/C13H11FN4O3/c14-9-1-2-12(18(20)21)11(6-9)17-13(19)8-3-4-16-10(5-8)7-15/h1-6H,7,15H2,(H,17,19). The maximum atomic E-state index is 13.2. The number of benzene rings is 1. The normalized spacial score (nSPS) is 10.2. The first kappa shape index (κ1) is 14.5. The van der Waals surface area contributed by atoms with E-state index in [0.717, 1.165) is 18.2 Å². The molecule has 1 aromatic heterocycles. The largest absolute Gasteiger partial charge is 0.325 e. The predicted molar refractivity (Wildman–Crippen MR) is 73.1 cm³/mol. The quantitative estimate of drug-likeness (QED) is 0.659. The highest BCUT2D eigenvalue weighted by molar-refractivity contribution is 6.05. The van der Waals surface area contributed by atoms with E-state index in [-0.39, 0.29) is 17.8 Å². The fraction of sp³-hybridized carbons (Fsp3) is 0.0769. The van der Waals surface area contributed by atoms with Crippen LogP contribution < -0.4 is 11.1 Å². The number of carbonyl (C=O) groups is 1. The van der Waals surface area contributed by atoms with E-state index in [1.54, 1.807) is 0 Å². The minimum Gasteiger partial charge on any atom is -0.325 e. The molecule has 1 amide bonds. The van der Waals surface area contributed by atoms with Crippen molar-refractivity contribution in [2.75, 3.05) is 5.32 Å². The second-order valence-electron chi connectivity index (χ2n) is 4.11. The summed E-state index contributed by atoms with van der Waals surface area (Å²) in [6.45, 7) is 0.154. The number of hydrogen-bond donors (Lipinski definition) is 2. The molecule has 0 radical (unpaired) electrons. The van der Waals surface area contributed by atoms with Crippen LogP contribution in [0.4, 0.5) is 15.8 Å². The number of amides is 1. The number of nitrogens with one attached hydrogen (secondary N) is 1. The highest BCUT2D eigenvalue weighted by Crippen LogP contribution is 2.25. The van der Waals surface area contributed by atoms with Gasteiger partial charge in [0.05, 0.1) is 10.6 Å². The van der Waals surface area contributed by atoms with Crippen LogP contribution in [0.5, 0.6) is 0 Å². The van der Waals surface area contributed by atoms with Crippen molar-refractivity contribution in [3.63, 3.8) is 0 Å². The Balaban J connectivity index is 2.30. The number of nitrogens with zero attached hydrogens (tertiary/aromatic N) is 2. The minimum atomic E-state index is -0.701. The van der Waals surface area contributed by atoms with Crippen molar-refractivity contribution in [1.29, 1.82) is 0 Å². The average molecular weight is 290 g/mol. The van der Waals surface area contributed by atoms with Gasteiger partial charge in [0.1, 0.15) is 11.5 Å². The Morgan fingerprint density at radius 2 is 2.14 bits per heavy atom. The average Bonchev–Trinajstić information content (AvgIpc) is 2.47. The number of hydrogen-bond acceptors (Lipinski definition) is 5. The molecule has 0 aliphatic rings. The van der Waals surface area contributed by atoms with Gasteiger partial charge in [0.25, 0.3) is 11.6 Å². The van der Waals surface area contributed by atoms with E-state index in [0.29, 0.717) is 5.69 Å². The Labute approximate surface area is 118 Å². The van der Waals surface area contributed by atoms with Gasteiger partial charge in [-0.05, 0) is 18.2 Å². The van der Waals surface area contributed by atoms with Crippen molar-refractivity contribution >= 4 is 17.3 Å². The Bertz CT molecular complexity index is 706. The maximum absolute atomic E-state index is 13.2. The van der Waals surface area contributed by atoms with Crippen LogP contribution in [0, 0.1) is 15.9 Å². The third kappa shape index (κ3) is 3.37.